The average Bonchev–Trinajstić information content (AvgIpc) is 3.04. The van der Waals surface area contributed by atoms with Crippen LogP contribution >= 0.6 is 15.9 Å². The molecule has 132 valence electrons. The maximum Gasteiger partial charge on any atom is 0.354 e. The van der Waals surface area contributed by atoms with Crippen LogP contribution in [-0.2, 0) is 11.3 Å². The summed E-state index contributed by atoms with van der Waals surface area (Å²) >= 11 is 3.23. The van der Waals surface area contributed by atoms with E-state index in [2.05, 4.69) is 15.9 Å². The van der Waals surface area contributed by atoms with E-state index in [-0.39, 0.29) is 0 Å². The summed E-state index contributed by atoms with van der Waals surface area (Å²) < 4.78 is 12.1. The van der Waals surface area contributed by atoms with E-state index in [1.807, 2.05) is 22.8 Å². The van der Waals surface area contributed by atoms with Crippen molar-refractivity contribution in [1.29, 1.82) is 0 Å². The van der Waals surface area contributed by atoms with Crippen molar-refractivity contribution in [2.24, 2.45) is 0 Å². The van der Waals surface area contributed by atoms with E-state index >= 15 is 0 Å². The summed E-state index contributed by atoms with van der Waals surface area (Å²) in [5, 5.41) is 0.784. The van der Waals surface area contributed by atoms with Gasteiger partial charge in [-0.15, -0.1) is 0 Å². The number of ether oxygens (including phenoxy) is 2. The van der Waals surface area contributed by atoms with Crippen LogP contribution in [0.25, 0.3) is 10.9 Å². The molecule has 0 N–H and O–H groups in total. The van der Waals surface area contributed by atoms with Gasteiger partial charge in [0.15, 0.2) is 0 Å². The van der Waals surface area contributed by atoms with Gasteiger partial charge in [-0.1, -0.05) is 40.2 Å². The quantitative estimate of drug-likeness (QED) is 0.454. The minimum Gasteiger partial charge on any atom is -0.464 e. The SMILES string of the molecule is COC(=O)c1cc2cc(OC(=O)c3ccccc3)ccc2n1C/C=C/Br. The van der Waals surface area contributed by atoms with E-state index in [1.54, 1.807) is 47.4 Å². The van der Waals surface area contributed by atoms with Crippen molar-refractivity contribution in [2.75, 3.05) is 7.11 Å². The highest BCUT2D eigenvalue weighted by molar-refractivity contribution is 9.11. The smallest absolute Gasteiger partial charge is 0.354 e. The van der Waals surface area contributed by atoms with Crippen molar-refractivity contribution < 1.29 is 19.1 Å². The Morgan fingerprint density at radius 2 is 1.85 bits per heavy atom. The number of esters is 2. The van der Waals surface area contributed by atoms with Gasteiger partial charge in [0.05, 0.1) is 12.7 Å². The fraction of sp³-hybridized carbons (Fsp3) is 0.100. The standard InChI is InChI=1S/C20H16BrNO4/c1-25-20(24)18-13-15-12-16(8-9-17(15)22(18)11-5-10-21)26-19(23)14-6-3-2-4-7-14/h2-10,12-13H,11H2,1H3/b10-5+. The fourth-order valence-electron chi connectivity index (χ4n) is 2.67. The molecule has 0 saturated heterocycles. The Kier molecular flexibility index (Phi) is 5.53. The molecule has 2 aromatic carbocycles. The molecule has 1 aromatic heterocycles. The molecule has 3 aromatic rings. The number of halogens is 1. The summed E-state index contributed by atoms with van der Waals surface area (Å²) in [5.74, 6) is -0.442. The zero-order chi connectivity index (χ0) is 18.5. The van der Waals surface area contributed by atoms with E-state index in [1.165, 1.54) is 7.11 Å². The molecule has 0 saturated carbocycles. The lowest BCUT2D eigenvalue weighted by Gasteiger charge is -2.07. The Labute approximate surface area is 159 Å². The second-order valence-electron chi connectivity index (χ2n) is 5.47. The second-order valence-corrected chi connectivity index (χ2v) is 6.00. The summed E-state index contributed by atoms with van der Waals surface area (Å²) in [7, 11) is 1.34. The zero-order valence-electron chi connectivity index (χ0n) is 14.0. The largest absolute Gasteiger partial charge is 0.464 e. The third-order valence-corrected chi connectivity index (χ3v) is 4.24. The molecule has 0 spiro atoms. The maximum atomic E-state index is 12.2. The second kappa shape index (κ2) is 8.01. The van der Waals surface area contributed by atoms with Crippen molar-refractivity contribution in [1.82, 2.24) is 4.57 Å². The lowest BCUT2D eigenvalue weighted by Crippen LogP contribution is -2.09. The summed E-state index contributed by atoms with van der Waals surface area (Å²) in [6, 6.07) is 15.8. The van der Waals surface area contributed by atoms with Crippen molar-refractivity contribution in [3.63, 3.8) is 0 Å². The molecule has 0 aliphatic heterocycles. The number of allylic oxidation sites excluding steroid dienone is 1. The first-order valence-electron chi connectivity index (χ1n) is 7.88. The van der Waals surface area contributed by atoms with Gasteiger partial charge < -0.3 is 14.0 Å². The molecule has 0 aliphatic carbocycles. The number of nitrogens with zero attached hydrogens (tertiary/aromatic N) is 1. The predicted octanol–water partition coefficient (Wildman–Crippen LogP) is 4.56. The molecule has 0 amide bonds. The average molecular weight is 414 g/mol. The highest BCUT2D eigenvalue weighted by Gasteiger charge is 2.16. The van der Waals surface area contributed by atoms with Crippen LogP contribution in [0.2, 0.25) is 0 Å². The van der Waals surface area contributed by atoms with Gasteiger partial charge in [-0.2, -0.15) is 0 Å². The lowest BCUT2D eigenvalue weighted by atomic mass is 10.2. The molecule has 3 rings (SSSR count). The molecule has 5 nitrogen and oxygen atoms in total. The predicted molar refractivity (Wildman–Crippen MR) is 103 cm³/mol. The monoisotopic (exact) mass is 413 g/mol. The summed E-state index contributed by atoms with van der Waals surface area (Å²) in [6.45, 7) is 0.502. The number of carbonyl (C=O) groups excluding carboxylic acids is 2. The molecule has 0 bridgehead atoms. The van der Waals surface area contributed by atoms with Gasteiger partial charge in [-0.25, -0.2) is 9.59 Å². The minimum atomic E-state index is -0.431. The van der Waals surface area contributed by atoms with Crippen LogP contribution < -0.4 is 4.74 Å². The number of rotatable bonds is 5. The van der Waals surface area contributed by atoms with Crippen LogP contribution in [-0.4, -0.2) is 23.6 Å². The summed E-state index contributed by atoms with van der Waals surface area (Å²) in [6.07, 6.45) is 1.87. The van der Waals surface area contributed by atoms with Crippen molar-refractivity contribution in [3.8, 4) is 5.75 Å². The Hall–Kier alpha value is -2.86. The van der Waals surface area contributed by atoms with Crippen LogP contribution in [0.15, 0.2) is 65.7 Å². The summed E-state index contributed by atoms with van der Waals surface area (Å²) in [5.41, 5.74) is 1.75. The van der Waals surface area contributed by atoms with Crippen molar-refractivity contribution in [2.45, 2.75) is 6.54 Å². The first-order chi connectivity index (χ1) is 12.6. The van der Waals surface area contributed by atoms with E-state index in [4.69, 9.17) is 9.47 Å². The normalized spacial score (nSPS) is 11.0. The molecular weight excluding hydrogens is 398 g/mol. The Balaban J connectivity index is 1.95. The van der Waals surface area contributed by atoms with E-state index in [0.29, 0.717) is 23.6 Å². The van der Waals surface area contributed by atoms with Crippen molar-refractivity contribution >= 4 is 38.8 Å². The zero-order valence-corrected chi connectivity index (χ0v) is 15.6. The first kappa shape index (κ1) is 17.9. The number of methoxy groups -OCH3 is 1. The molecule has 0 atom stereocenters. The van der Waals surface area contributed by atoms with Gasteiger partial charge in [0, 0.05) is 17.4 Å². The Bertz CT molecular complexity index is 976. The maximum absolute atomic E-state index is 12.2. The van der Waals surface area contributed by atoms with Crippen LogP contribution in [0.1, 0.15) is 20.8 Å². The van der Waals surface area contributed by atoms with Gasteiger partial charge in [-0.3, -0.25) is 0 Å². The van der Waals surface area contributed by atoms with E-state index < -0.39 is 11.9 Å². The van der Waals surface area contributed by atoms with Crippen LogP contribution in [0.4, 0.5) is 0 Å². The number of hydrogen-bond donors (Lipinski definition) is 0. The topological polar surface area (TPSA) is 57.5 Å². The highest BCUT2D eigenvalue weighted by atomic mass is 79.9. The Morgan fingerprint density at radius 1 is 1.08 bits per heavy atom. The molecule has 1 heterocycles. The number of aromatic nitrogens is 1. The Morgan fingerprint density at radius 3 is 2.54 bits per heavy atom. The number of benzene rings is 2. The minimum absolute atomic E-state index is 0.413. The third kappa shape index (κ3) is 3.70. The number of carbonyl (C=O) groups is 2. The van der Waals surface area contributed by atoms with E-state index in [9.17, 15) is 9.59 Å². The third-order valence-electron chi connectivity index (χ3n) is 3.86. The molecule has 0 aliphatic rings. The molecule has 0 fully saturated rings. The van der Waals surface area contributed by atoms with Gasteiger partial charge in [0.2, 0.25) is 0 Å². The molecule has 6 heteroatoms. The number of hydrogen-bond acceptors (Lipinski definition) is 4. The highest BCUT2D eigenvalue weighted by Crippen LogP contribution is 2.26. The van der Waals surface area contributed by atoms with Gasteiger partial charge in [-0.05, 0) is 41.4 Å². The molecular formula is C20H16BrNO4. The molecule has 0 radical (unpaired) electrons. The van der Waals surface area contributed by atoms with Gasteiger partial charge in [0.25, 0.3) is 0 Å². The fourth-order valence-corrected chi connectivity index (χ4v) is 2.84. The molecule has 26 heavy (non-hydrogen) atoms. The lowest BCUT2D eigenvalue weighted by molar-refractivity contribution is 0.0589. The first-order valence-corrected chi connectivity index (χ1v) is 8.79. The van der Waals surface area contributed by atoms with Crippen LogP contribution in [0.5, 0.6) is 5.75 Å². The molecule has 0 unspecified atom stereocenters. The van der Waals surface area contributed by atoms with Gasteiger partial charge >= 0.3 is 11.9 Å². The van der Waals surface area contributed by atoms with Crippen molar-refractivity contribution in [3.05, 3.63) is 76.9 Å². The van der Waals surface area contributed by atoms with Gasteiger partial charge in [0.1, 0.15) is 11.4 Å². The number of fused-ring (bicyclic) bond motifs is 1. The van der Waals surface area contributed by atoms with E-state index in [0.717, 1.165) is 10.9 Å². The van der Waals surface area contributed by atoms with Crippen LogP contribution in [0.3, 0.4) is 0 Å². The summed E-state index contributed by atoms with van der Waals surface area (Å²) in [4.78, 5) is 26.0. The van der Waals surface area contributed by atoms with Crippen LogP contribution in [0, 0.1) is 0 Å².